The molecule has 134 valence electrons. The van der Waals surface area contributed by atoms with E-state index in [0.29, 0.717) is 17.2 Å². The van der Waals surface area contributed by atoms with E-state index in [0.717, 1.165) is 12.8 Å². The Morgan fingerprint density at radius 3 is 2.21 bits per heavy atom. The molecule has 0 radical (unpaired) electrons. The first kappa shape index (κ1) is 20.5. The molecule has 1 aromatic rings. The molecule has 5 nitrogen and oxygen atoms in total. The number of carbonyl (C=O) groups is 2. The van der Waals surface area contributed by atoms with Crippen molar-refractivity contribution in [1.82, 2.24) is 0 Å². The van der Waals surface area contributed by atoms with E-state index in [4.69, 9.17) is 9.47 Å². The minimum Gasteiger partial charge on any atom is -0.487 e. The summed E-state index contributed by atoms with van der Waals surface area (Å²) < 4.78 is 11.8. The third-order valence-electron chi connectivity index (χ3n) is 3.54. The van der Waals surface area contributed by atoms with E-state index in [1.165, 1.54) is 0 Å². The largest absolute Gasteiger partial charge is 0.487 e. The third-order valence-corrected chi connectivity index (χ3v) is 4.17. The molecule has 0 bridgehead atoms. The highest BCUT2D eigenvalue weighted by molar-refractivity contribution is 9.09. The van der Waals surface area contributed by atoms with Crippen LogP contribution in [-0.2, 0) is 9.59 Å². The molecule has 0 fully saturated rings. The van der Waals surface area contributed by atoms with Crippen molar-refractivity contribution in [3.63, 3.8) is 0 Å². The molecule has 1 rings (SSSR count). The molecule has 6 heteroatoms. The molecule has 1 N–H and O–H groups in total. The van der Waals surface area contributed by atoms with Gasteiger partial charge in [-0.05, 0) is 38.8 Å². The summed E-state index contributed by atoms with van der Waals surface area (Å²) in [4.78, 5) is 23.2. The van der Waals surface area contributed by atoms with Crippen LogP contribution in [0.1, 0.15) is 47.0 Å². The number of nitrogens with one attached hydrogen (secondary N) is 1. The van der Waals surface area contributed by atoms with Gasteiger partial charge in [-0.3, -0.25) is 9.59 Å². The summed E-state index contributed by atoms with van der Waals surface area (Å²) in [7, 11) is 0. The van der Waals surface area contributed by atoms with Crippen molar-refractivity contribution in [1.29, 1.82) is 0 Å². The quantitative estimate of drug-likeness (QED) is 0.469. The molecular weight excluding hydrogens is 374 g/mol. The zero-order valence-electron chi connectivity index (χ0n) is 14.7. The number of benzene rings is 1. The van der Waals surface area contributed by atoms with Crippen molar-refractivity contribution in [2.24, 2.45) is 0 Å². The number of rotatable bonds is 10. The lowest BCUT2D eigenvalue weighted by molar-refractivity contribution is -0.123. The minimum absolute atomic E-state index is 0.0326. The zero-order valence-corrected chi connectivity index (χ0v) is 16.3. The number of halogens is 1. The fraction of sp³-hybridized carbons (Fsp3) is 0.556. The van der Waals surface area contributed by atoms with Crippen LogP contribution in [0.2, 0.25) is 0 Å². The van der Waals surface area contributed by atoms with Crippen molar-refractivity contribution in [3.05, 3.63) is 18.2 Å². The smallest absolute Gasteiger partial charge is 0.231 e. The Balaban J connectivity index is 2.93. The summed E-state index contributed by atoms with van der Waals surface area (Å²) in [6.45, 7) is 8.06. The molecule has 0 heterocycles. The summed E-state index contributed by atoms with van der Waals surface area (Å²) in [6, 6.07) is 5.27. The Kier molecular flexibility index (Phi) is 8.82. The van der Waals surface area contributed by atoms with Crippen LogP contribution in [0.25, 0.3) is 0 Å². The number of amides is 1. The summed E-state index contributed by atoms with van der Waals surface area (Å²) in [5.41, 5.74) is 0.581. The zero-order chi connectivity index (χ0) is 18.1. The first-order chi connectivity index (χ1) is 11.4. The van der Waals surface area contributed by atoms with E-state index in [9.17, 15) is 9.59 Å². The van der Waals surface area contributed by atoms with Crippen LogP contribution >= 0.6 is 15.9 Å². The van der Waals surface area contributed by atoms with Crippen molar-refractivity contribution in [3.8, 4) is 11.5 Å². The van der Waals surface area contributed by atoms with E-state index < -0.39 is 0 Å². The highest BCUT2D eigenvalue weighted by Crippen LogP contribution is 2.33. The molecule has 0 aliphatic rings. The topological polar surface area (TPSA) is 64.6 Å². The molecular formula is C18H26BrNO4. The van der Waals surface area contributed by atoms with Crippen LogP contribution in [0, 0.1) is 0 Å². The number of ether oxygens (including phenoxy) is 2. The van der Waals surface area contributed by atoms with Crippen molar-refractivity contribution in [2.45, 2.75) is 59.2 Å². The molecule has 1 amide bonds. The van der Waals surface area contributed by atoms with Crippen LogP contribution in [0.5, 0.6) is 11.5 Å². The lowest BCUT2D eigenvalue weighted by Gasteiger charge is -2.20. The summed E-state index contributed by atoms with van der Waals surface area (Å²) >= 11 is 3.05. The second-order valence-corrected chi connectivity index (χ2v) is 6.29. The average molecular weight is 400 g/mol. The van der Waals surface area contributed by atoms with Gasteiger partial charge in [-0.1, -0.05) is 29.8 Å². The number of anilines is 1. The maximum atomic E-state index is 11.9. The first-order valence-corrected chi connectivity index (χ1v) is 9.36. The van der Waals surface area contributed by atoms with Crippen molar-refractivity contribution in [2.75, 3.05) is 10.6 Å². The summed E-state index contributed by atoms with van der Waals surface area (Å²) in [6.07, 6.45) is 1.69. The second kappa shape index (κ2) is 10.3. The van der Waals surface area contributed by atoms with E-state index in [2.05, 4.69) is 28.2 Å². The average Bonchev–Trinajstić information content (AvgIpc) is 2.56. The van der Waals surface area contributed by atoms with Crippen molar-refractivity contribution >= 4 is 33.3 Å². The van der Waals surface area contributed by atoms with Crippen LogP contribution in [0.3, 0.4) is 0 Å². The summed E-state index contributed by atoms with van der Waals surface area (Å²) in [5, 5.41) is 2.89. The highest BCUT2D eigenvalue weighted by atomic mass is 79.9. The molecule has 2 atom stereocenters. The summed E-state index contributed by atoms with van der Waals surface area (Å²) in [5.74, 6) is 0.735. The standard InChI is InChI=1S/C18H26BrNO4/c1-5-12(3)23-16-8-7-14(9-17(16)24-13(4)6-2)20-18(22)10-15(21)11-19/h7-9,12-13H,5-6,10-11H2,1-4H3,(H,20,22). The van der Waals surface area contributed by atoms with Gasteiger partial charge < -0.3 is 14.8 Å². The minimum atomic E-state index is -0.343. The number of hydrogen-bond acceptors (Lipinski definition) is 4. The van der Waals surface area contributed by atoms with Gasteiger partial charge in [0.2, 0.25) is 5.91 Å². The van der Waals surface area contributed by atoms with E-state index >= 15 is 0 Å². The number of carbonyl (C=O) groups excluding carboxylic acids is 2. The lowest BCUT2D eigenvalue weighted by Crippen LogP contribution is -2.18. The predicted octanol–water partition coefficient (Wildman–Crippen LogP) is 4.33. The number of Topliss-reactive ketones (excluding diaryl/α,β-unsaturated/α-hetero) is 1. The van der Waals surface area contributed by atoms with Gasteiger partial charge in [0, 0.05) is 11.8 Å². The van der Waals surface area contributed by atoms with Crippen LogP contribution < -0.4 is 14.8 Å². The van der Waals surface area contributed by atoms with Crippen LogP contribution in [0.15, 0.2) is 18.2 Å². The lowest BCUT2D eigenvalue weighted by atomic mass is 10.2. The molecule has 24 heavy (non-hydrogen) atoms. The van der Waals surface area contributed by atoms with Crippen LogP contribution in [-0.4, -0.2) is 29.2 Å². The molecule has 0 aromatic heterocycles. The molecule has 0 saturated carbocycles. The fourth-order valence-electron chi connectivity index (χ4n) is 1.81. The van der Waals surface area contributed by atoms with Gasteiger partial charge >= 0.3 is 0 Å². The molecule has 1 aromatic carbocycles. The third kappa shape index (κ3) is 6.91. The molecule has 0 aliphatic heterocycles. The molecule has 0 aliphatic carbocycles. The normalized spacial score (nSPS) is 13.0. The SMILES string of the molecule is CCC(C)Oc1ccc(NC(=O)CC(=O)CBr)cc1OC(C)CC. The van der Waals surface area contributed by atoms with Gasteiger partial charge in [0.1, 0.15) is 0 Å². The van der Waals surface area contributed by atoms with Gasteiger partial charge in [-0.15, -0.1) is 0 Å². The number of hydrogen-bond donors (Lipinski definition) is 1. The van der Waals surface area contributed by atoms with E-state index in [1.807, 2.05) is 20.8 Å². The predicted molar refractivity (Wildman–Crippen MR) is 99.3 cm³/mol. The monoisotopic (exact) mass is 399 g/mol. The van der Waals surface area contributed by atoms with E-state index in [-0.39, 0.29) is 35.6 Å². The molecule has 2 unspecified atom stereocenters. The maximum absolute atomic E-state index is 11.9. The van der Waals surface area contributed by atoms with Crippen molar-refractivity contribution < 1.29 is 19.1 Å². The Hall–Kier alpha value is -1.56. The van der Waals surface area contributed by atoms with Gasteiger partial charge in [-0.25, -0.2) is 0 Å². The Morgan fingerprint density at radius 1 is 1.08 bits per heavy atom. The Bertz CT molecular complexity index is 562. The van der Waals surface area contributed by atoms with Gasteiger partial charge in [-0.2, -0.15) is 0 Å². The Morgan fingerprint density at radius 2 is 1.67 bits per heavy atom. The van der Waals surface area contributed by atoms with Crippen LogP contribution in [0.4, 0.5) is 5.69 Å². The first-order valence-electron chi connectivity index (χ1n) is 8.24. The number of alkyl halides is 1. The Labute approximate surface area is 152 Å². The second-order valence-electron chi connectivity index (χ2n) is 5.73. The van der Waals surface area contributed by atoms with Gasteiger partial charge in [0.05, 0.1) is 24.0 Å². The maximum Gasteiger partial charge on any atom is 0.231 e. The van der Waals surface area contributed by atoms with Gasteiger partial charge in [0.15, 0.2) is 17.3 Å². The highest BCUT2D eigenvalue weighted by Gasteiger charge is 2.14. The number of ketones is 1. The molecule has 0 spiro atoms. The fourth-order valence-corrected chi connectivity index (χ4v) is 2.01. The van der Waals surface area contributed by atoms with E-state index in [1.54, 1.807) is 18.2 Å². The van der Waals surface area contributed by atoms with Gasteiger partial charge in [0.25, 0.3) is 0 Å². The molecule has 0 saturated heterocycles.